The Morgan fingerprint density at radius 1 is 1.07 bits per heavy atom. The van der Waals surface area contributed by atoms with E-state index in [1.54, 1.807) is 24.5 Å². The van der Waals surface area contributed by atoms with E-state index in [0.717, 1.165) is 36.8 Å². The van der Waals surface area contributed by atoms with Crippen molar-refractivity contribution in [3.8, 4) is 11.5 Å². The van der Waals surface area contributed by atoms with E-state index in [0.29, 0.717) is 27.7 Å². The van der Waals surface area contributed by atoms with Crippen LogP contribution in [0.5, 0.6) is 0 Å². The molecule has 5 rings (SSSR count). The molecule has 0 radical (unpaired) electrons. The first kappa shape index (κ1) is 18.8. The Labute approximate surface area is 179 Å². The maximum absolute atomic E-state index is 13.5. The fraction of sp³-hybridized carbons (Fsp3) is 0.208. The number of hydrogen-bond donors (Lipinski definition) is 1. The number of carbonyl (C=O) groups is 1. The van der Waals surface area contributed by atoms with E-state index >= 15 is 0 Å². The highest BCUT2D eigenvalue weighted by Crippen LogP contribution is 2.42. The van der Waals surface area contributed by atoms with Crippen molar-refractivity contribution in [2.75, 3.05) is 5.32 Å². The molecule has 1 saturated carbocycles. The van der Waals surface area contributed by atoms with Crippen LogP contribution < -0.4 is 5.32 Å². The van der Waals surface area contributed by atoms with Crippen molar-refractivity contribution in [1.29, 1.82) is 0 Å². The summed E-state index contributed by atoms with van der Waals surface area (Å²) < 4.78 is 5.84. The molecule has 30 heavy (non-hydrogen) atoms. The molecular formula is C24H20ClN3O2. The van der Waals surface area contributed by atoms with Crippen molar-refractivity contribution in [3.63, 3.8) is 0 Å². The van der Waals surface area contributed by atoms with Gasteiger partial charge in [-0.2, -0.15) is 0 Å². The second-order valence-corrected chi connectivity index (χ2v) is 8.07. The second-order valence-electron chi connectivity index (χ2n) is 7.67. The molecular weight excluding hydrogens is 398 g/mol. The van der Waals surface area contributed by atoms with Crippen molar-refractivity contribution < 1.29 is 9.21 Å². The van der Waals surface area contributed by atoms with Crippen LogP contribution in [-0.4, -0.2) is 15.9 Å². The quantitative estimate of drug-likeness (QED) is 0.442. The predicted molar refractivity (Wildman–Crippen MR) is 117 cm³/mol. The Morgan fingerprint density at radius 3 is 2.63 bits per heavy atom. The van der Waals surface area contributed by atoms with E-state index in [4.69, 9.17) is 16.0 Å². The van der Waals surface area contributed by atoms with Crippen LogP contribution in [0.4, 0.5) is 5.69 Å². The summed E-state index contributed by atoms with van der Waals surface area (Å²) in [5.41, 5.74) is 3.17. The van der Waals surface area contributed by atoms with Gasteiger partial charge in [0.25, 0.3) is 0 Å². The van der Waals surface area contributed by atoms with Crippen LogP contribution in [0.1, 0.15) is 31.2 Å². The van der Waals surface area contributed by atoms with E-state index < -0.39 is 5.41 Å². The smallest absolute Gasteiger partial charge is 0.235 e. The number of fused-ring (bicyclic) bond motifs is 1. The average Bonchev–Trinajstić information content (AvgIpc) is 3.44. The molecule has 1 amide bonds. The Balaban J connectivity index is 1.48. The predicted octanol–water partition coefficient (Wildman–Crippen LogP) is 5.99. The number of nitrogens with one attached hydrogen (secondary N) is 1. The molecule has 1 aliphatic rings. The number of hydrogen-bond acceptors (Lipinski definition) is 4. The van der Waals surface area contributed by atoms with Crippen molar-refractivity contribution in [2.45, 2.75) is 31.1 Å². The molecule has 0 saturated heterocycles. The van der Waals surface area contributed by atoms with Gasteiger partial charge < -0.3 is 9.73 Å². The first-order valence-corrected chi connectivity index (χ1v) is 10.4. The third-order valence-electron chi connectivity index (χ3n) is 5.87. The number of aromatic nitrogens is 2. The lowest BCUT2D eigenvalue weighted by molar-refractivity contribution is -0.121. The summed E-state index contributed by atoms with van der Waals surface area (Å²) in [5, 5.41) is 3.56. The SMILES string of the molecule is O=C(Nc1cc(-c2nc3cnccc3o2)ccc1Cl)C1(c2ccccc2)CCCC1. The van der Waals surface area contributed by atoms with E-state index in [1.165, 1.54) is 0 Å². The number of oxazole rings is 1. The van der Waals surface area contributed by atoms with Crippen LogP contribution in [0, 0.1) is 0 Å². The summed E-state index contributed by atoms with van der Waals surface area (Å²) in [6.45, 7) is 0. The molecule has 1 fully saturated rings. The first-order chi connectivity index (χ1) is 14.7. The van der Waals surface area contributed by atoms with Crippen LogP contribution in [0.25, 0.3) is 22.6 Å². The van der Waals surface area contributed by atoms with Gasteiger partial charge in [0.15, 0.2) is 5.58 Å². The molecule has 5 nitrogen and oxygen atoms in total. The van der Waals surface area contributed by atoms with Gasteiger partial charge in [0.1, 0.15) is 5.52 Å². The minimum atomic E-state index is -0.524. The molecule has 0 aliphatic heterocycles. The Kier molecular flexibility index (Phi) is 4.75. The number of anilines is 1. The number of rotatable bonds is 4. The van der Waals surface area contributed by atoms with Gasteiger partial charge in [0.2, 0.25) is 11.8 Å². The van der Waals surface area contributed by atoms with E-state index in [9.17, 15) is 4.79 Å². The maximum Gasteiger partial charge on any atom is 0.235 e. The number of pyridine rings is 1. The van der Waals surface area contributed by atoms with Crippen LogP contribution in [-0.2, 0) is 10.2 Å². The van der Waals surface area contributed by atoms with Gasteiger partial charge in [-0.3, -0.25) is 9.78 Å². The molecule has 0 bridgehead atoms. The van der Waals surface area contributed by atoms with Gasteiger partial charge in [-0.1, -0.05) is 54.8 Å². The number of halogens is 1. The lowest BCUT2D eigenvalue weighted by Gasteiger charge is -2.28. The van der Waals surface area contributed by atoms with Crippen molar-refractivity contribution >= 4 is 34.3 Å². The highest BCUT2D eigenvalue weighted by atomic mass is 35.5. The highest BCUT2D eigenvalue weighted by Gasteiger charge is 2.42. The van der Waals surface area contributed by atoms with Crippen LogP contribution in [0.15, 0.2) is 71.4 Å². The molecule has 0 unspecified atom stereocenters. The summed E-state index contributed by atoms with van der Waals surface area (Å²) in [4.78, 5) is 22.0. The number of amides is 1. The molecule has 1 N–H and O–H groups in total. The minimum Gasteiger partial charge on any atom is -0.436 e. The molecule has 0 atom stereocenters. The van der Waals surface area contributed by atoms with Crippen LogP contribution >= 0.6 is 11.6 Å². The Hall–Kier alpha value is -3.18. The molecule has 2 aromatic carbocycles. The van der Waals surface area contributed by atoms with Gasteiger partial charge in [-0.05, 0) is 36.6 Å². The van der Waals surface area contributed by atoms with Crippen LogP contribution in [0.2, 0.25) is 5.02 Å². The van der Waals surface area contributed by atoms with Crippen molar-refractivity contribution in [3.05, 3.63) is 77.6 Å². The van der Waals surface area contributed by atoms with Gasteiger partial charge in [-0.25, -0.2) is 4.98 Å². The maximum atomic E-state index is 13.5. The Morgan fingerprint density at radius 2 is 1.87 bits per heavy atom. The molecule has 2 aromatic heterocycles. The zero-order valence-corrected chi connectivity index (χ0v) is 17.0. The zero-order valence-electron chi connectivity index (χ0n) is 16.3. The summed E-state index contributed by atoms with van der Waals surface area (Å²) in [7, 11) is 0. The molecule has 4 aromatic rings. The average molecular weight is 418 g/mol. The monoisotopic (exact) mass is 417 g/mol. The highest BCUT2D eigenvalue weighted by molar-refractivity contribution is 6.34. The van der Waals surface area contributed by atoms with Gasteiger partial charge in [0, 0.05) is 17.8 Å². The third-order valence-corrected chi connectivity index (χ3v) is 6.20. The lowest BCUT2D eigenvalue weighted by Crippen LogP contribution is -2.38. The molecule has 150 valence electrons. The van der Waals surface area contributed by atoms with Crippen molar-refractivity contribution in [1.82, 2.24) is 9.97 Å². The summed E-state index contributed by atoms with van der Waals surface area (Å²) >= 11 is 6.43. The van der Waals surface area contributed by atoms with Crippen LogP contribution in [0.3, 0.4) is 0 Å². The Bertz CT molecular complexity index is 1180. The topological polar surface area (TPSA) is 68.0 Å². The third kappa shape index (κ3) is 3.25. The van der Waals surface area contributed by atoms with E-state index in [1.807, 2.05) is 42.5 Å². The fourth-order valence-corrected chi connectivity index (χ4v) is 4.45. The molecule has 6 heteroatoms. The van der Waals surface area contributed by atoms with E-state index in [2.05, 4.69) is 15.3 Å². The van der Waals surface area contributed by atoms with Gasteiger partial charge in [-0.15, -0.1) is 0 Å². The number of carbonyl (C=O) groups excluding carboxylic acids is 1. The standard InChI is InChI=1S/C24H20ClN3O2/c25-18-9-8-16(22-27-20-15-26-13-10-21(20)30-22)14-19(18)28-23(29)24(11-4-5-12-24)17-6-2-1-3-7-17/h1-3,6-10,13-15H,4-5,11-12H2,(H,28,29). The molecule has 2 heterocycles. The van der Waals surface area contributed by atoms with Gasteiger partial charge >= 0.3 is 0 Å². The summed E-state index contributed by atoms with van der Waals surface area (Å²) in [5.74, 6) is 0.441. The lowest BCUT2D eigenvalue weighted by atomic mass is 9.78. The largest absolute Gasteiger partial charge is 0.436 e. The zero-order chi connectivity index (χ0) is 20.6. The number of benzene rings is 2. The number of nitrogens with zero attached hydrogens (tertiary/aromatic N) is 2. The molecule has 0 spiro atoms. The first-order valence-electron chi connectivity index (χ1n) is 10.0. The normalized spacial score (nSPS) is 15.4. The minimum absolute atomic E-state index is 0.0213. The van der Waals surface area contributed by atoms with Crippen molar-refractivity contribution in [2.24, 2.45) is 0 Å². The fourth-order valence-electron chi connectivity index (χ4n) is 4.28. The van der Waals surface area contributed by atoms with E-state index in [-0.39, 0.29) is 5.91 Å². The second kappa shape index (κ2) is 7.58. The summed E-state index contributed by atoms with van der Waals surface area (Å²) in [6, 6.07) is 17.2. The van der Waals surface area contributed by atoms with Gasteiger partial charge in [0.05, 0.1) is 22.3 Å². The molecule has 1 aliphatic carbocycles. The summed E-state index contributed by atoms with van der Waals surface area (Å²) in [6.07, 6.45) is 7.05.